The van der Waals surface area contributed by atoms with Crippen molar-refractivity contribution in [3.8, 4) is 0 Å². The van der Waals surface area contributed by atoms with Crippen molar-refractivity contribution in [2.45, 2.75) is 110 Å². The van der Waals surface area contributed by atoms with Gasteiger partial charge in [0.1, 0.15) is 0 Å². The number of aliphatic carboxylic acids is 1. The number of halogens is 1. The lowest BCUT2D eigenvalue weighted by atomic mass is 10.0. The number of rotatable bonds is 16. The normalized spacial score (nSPS) is 10.1. The van der Waals surface area contributed by atoms with Gasteiger partial charge in [0.15, 0.2) is 0 Å². The summed E-state index contributed by atoms with van der Waals surface area (Å²) < 4.78 is 0. The van der Waals surface area contributed by atoms with Gasteiger partial charge in [-0.15, -0.1) is 0 Å². The van der Waals surface area contributed by atoms with Crippen molar-refractivity contribution in [3.05, 3.63) is 0 Å². The van der Waals surface area contributed by atoms with Crippen LogP contribution < -0.4 is 21.9 Å². The minimum Gasteiger partial charge on any atom is -1.00 e. The minimum absolute atomic E-state index is 0. The minimum atomic E-state index is -0.653. The molecule has 154 valence electrons. The maximum Gasteiger partial charge on any atom is 0.303 e. The van der Waals surface area contributed by atoms with Crippen molar-refractivity contribution in [2.24, 2.45) is 0 Å². The molecule has 4 heteroatoms. The number of nitrogens with one attached hydrogen (secondary N) is 1. The lowest BCUT2D eigenvalue weighted by Crippen LogP contribution is -3.02. The molecule has 0 unspecified atom stereocenters. The van der Waals surface area contributed by atoms with Gasteiger partial charge >= 0.3 is 5.97 Å². The monoisotopic (exact) mass is 423 g/mol. The Morgan fingerprint density at radius 3 is 1.12 bits per heavy atom. The van der Waals surface area contributed by atoms with Crippen LogP contribution in [0.5, 0.6) is 0 Å². The Bertz CT molecular complexity index is 245. The highest BCUT2D eigenvalue weighted by Crippen LogP contribution is 2.13. The van der Waals surface area contributed by atoms with Crippen LogP contribution in [0.2, 0.25) is 0 Å². The van der Waals surface area contributed by atoms with Crippen molar-refractivity contribution < 1.29 is 31.8 Å². The molecule has 0 aromatic carbocycles. The van der Waals surface area contributed by atoms with Gasteiger partial charge in [-0.05, 0) is 6.42 Å². The van der Waals surface area contributed by atoms with Crippen molar-refractivity contribution in [1.82, 2.24) is 0 Å². The molecule has 0 amide bonds. The molecule has 0 spiro atoms. The number of carboxylic acid groups (broad SMARTS) is 1. The number of quaternary nitrogens is 1. The van der Waals surface area contributed by atoms with Gasteiger partial charge in [0.25, 0.3) is 0 Å². The van der Waals surface area contributed by atoms with Gasteiger partial charge < -0.3 is 27.0 Å². The molecule has 0 aromatic heterocycles. The van der Waals surface area contributed by atoms with Crippen molar-refractivity contribution in [3.63, 3.8) is 0 Å². The van der Waals surface area contributed by atoms with Gasteiger partial charge in [-0.1, -0.05) is 96.8 Å². The first-order valence-corrected chi connectivity index (χ1v) is 10.5. The Morgan fingerprint density at radius 1 is 0.640 bits per heavy atom. The molecular weight excluding hydrogens is 378 g/mol. The quantitative estimate of drug-likeness (QED) is 0.373. The number of hydrogen-bond donors (Lipinski definition) is 2. The van der Waals surface area contributed by atoms with Crippen LogP contribution in [0.1, 0.15) is 110 Å². The van der Waals surface area contributed by atoms with E-state index in [0.29, 0.717) is 6.42 Å². The van der Waals surface area contributed by atoms with E-state index in [1.165, 1.54) is 88.4 Å². The summed E-state index contributed by atoms with van der Waals surface area (Å²) in [5.41, 5.74) is 0. The number of hydrogen-bond acceptors (Lipinski definition) is 1. The third-order valence-electron chi connectivity index (χ3n) is 3.99. The lowest BCUT2D eigenvalue weighted by molar-refractivity contribution is -0.836. The highest BCUT2D eigenvalue weighted by Gasteiger charge is 1.97. The second kappa shape index (κ2) is 26.1. The van der Waals surface area contributed by atoms with Crippen molar-refractivity contribution in [1.29, 1.82) is 0 Å². The topological polar surface area (TPSA) is 41.7 Å². The van der Waals surface area contributed by atoms with E-state index in [1.807, 2.05) is 0 Å². The predicted molar refractivity (Wildman–Crippen MR) is 106 cm³/mol. The SMILES string of the molecule is CCCCCCCCCCCCCCCCCC(=O)O.C[NH+](C)C.[Br-]. The molecule has 25 heavy (non-hydrogen) atoms. The molecule has 0 bridgehead atoms. The van der Waals surface area contributed by atoms with Crippen LogP contribution in [0.4, 0.5) is 0 Å². The molecule has 0 rings (SSSR count). The summed E-state index contributed by atoms with van der Waals surface area (Å²) in [7, 11) is 6.25. The first kappa shape index (κ1) is 29.7. The fraction of sp³-hybridized carbons (Fsp3) is 0.952. The smallest absolute Gasteiger partial charge is 0.303 e. The Morgan fingerprint density at radius 2 is 0.880 bits per heavy atom. The van der Waals surface area contributed by atoms with Gasteiger partial charge in [0, 0.05) is 6.42 Å². The number of carbonyl (C=O) groups is 1. The van der Waals surface area contributed by atoms with Crippen LogP contribution in [0.25, 0.3) is 0 Å². The largest absolute Gasteiger partial charge is 1.00 e. The highest BCUT2D eigenvalue weighted by molar-refractivity contribution is 5.66. The van der Waals surface area contributed by atoms with Gasteiger partial charge in [-0.2, -0.15) is 0 Å². The molecule has 0 saturated carbocycles. The number of unbranched alkanes of at least 4 members (excludes halogenated alkanes) is 14. The standard InChI is InChI=1S/C18H36O2.C3H9N.BrH/c1-2-3-4-5-6-7-8-9-10-11-12-13-14-15-16-17-18(19)20;1-4(2)3;/h2-17H2,1H3,(H,19,20);1-3H3;1H. The van der Waals surface area contributed by atoms with E-state index in [2.05, 4.69) is 28.1 Å². The molecule has 0 fully saturated rings. The average molecular weight is 425 g/mol. The first-order chi connectivity index (χ1) is 11.5. The van der Waals surface area contributed by atoms with Gasteiger partial charge in [-0.3, -0.25) is 4.79 Å². The molecule has 0 radical (unpaired) electrons. The fourth-order valence-electron chi connectivity index (χ4n) is 2.65. The highest BCUT2D eigenvalue weighted by atomic mass is 79.9. The van der Waals surface area contributed by atoms with E-state index in [-0.39, 0.29) is 17.0 Å². The Balaban J connectivity index is -0.000000867. The third-order valence-corrected chi connectivity index (χ3v) is 3.99. The summed E-state index contributed by atoms with van der Waals surface area (Å²) in [5.74, 6) is -0.653. The Labute approximate surface area is 168 Å². The van der Waals surface area contributed by atoms with E-state index in [4.69, 9.17) is 5.11 Å². The predicted octanol–water partition coefficient (Wildman–Crippen LogP) is 2.10. The summed E-state index contributed by atoms with van der Waals surface area (Å²) in [4.78, 5) is 11.7. The molecule has 3 nitrogen and oxygen atoms in total. The third kappa shape index (κ3) is 40.1. The second-order valence-electron chi connectivity index (χ2n) is 7.59. The van der Waals surface area contributed by atoms with Gasteiger partial charge in [-0.25, -0.2) is 0 Å². The molecule has 0 saturated heterocycles. The van der Waals surface area contributed by atoms with Crippen LogP contribution in [-0.4, -0.2) is 32.2 Å². The summed E-state index contributed by atoms with van der Waals surface area (Å²) in [6, 6.07) is 0. The maximum absolute atomic E-state index is 10.3. The van der Waals surface area contributed by atoms with Gasteiger partial charge in [0.2, 0.25) is 0 Å². The van der Waals surface area contributed by atoms with E-state index in [0.717, 1.165) is 12.8 Å². The second-order valence-corrected chi connectivity index (χ2v) is 7.59. The van der Waals surface area contributed by atoms with Crippen LogP contribution in [0.15, 0.2) is 0 Å². The molecule has 0 aromatic rings. The van der Waals surface area contributed by atoms with Crippen LogP contribution in [-0.2, 0) is 4.79 Å². The summed E-state index contributed by atoms with van der Waals surface area (Å²) in [6.45, 7) is 2.27. The molecule has 0 aliphatic heterocycles. The van der Waals surface area contributed by atoms with Gasteiger partial charge in [0.05, 0.1) is 21.1 Å². The molecule has 0 aliphatic rings. The summed E-state index contributed by atoms with van der Waals surface area (Å²) in [5, 5.41) is 8.52. The Kier molecular flexibility index (Phi) is 31.0. The molecular formula is C21H46BrNO2. The zero-order chi connectivity index (χ0) is 18.5. The molecule has 0 aliphatic carbocycles. The zero-order valence-corrected chi connectivity index (χ0v) is 19.1. The molecule has 0 atom stereocenters. The van der Waals surface area contributed by atoms with Crippen LogP contribution in [0, 0.1) is 0 Å². The summed E-state index contributed by atoms with van der Waals surface area (Å²) in [6.07, 6.45) is 20.2. The number of carboxylic acids is 1. The van der Waals surface area contributed by atoms with E-state index >= 15 is 0 Å². The molecule has 2 N–H and O–H groups in total. The van der Waals surface area contributed by atoms with E-state index in [1.54, 1.807) is 0 Å². The van der Waals surface area contributed by atoms with Crippen molar-refractivity contribution >= 4 is 5.97 Å². The first-order valence-electron chi connectivity index (χ1n) is 10.5. The average Bonchev–Trinajstić information content (AvgIpc) is 2.50. The van der Waals surface area contributed by atoms with E-state index in [9.17, 15) is 4.79 Å². The van der Waals surface area contributed by atoms with Crippen LogP contribution in [0.3, 0.4) is 0 Å². The summed E-state index contributed by atoms with van der Waals surface area (Å²) >= 11 is 0. The Hall–Kier alpha value is -0.0900. The lowest BCUT2D eigenvalue weighted by Gasteiger charge is -2.03. The zero-order valence-electron chi connectivity index (χ0n) is 17.5. The molecule has 0 heterocycles. The van der Waals surface area contributed by atoms with Crippen molar-refractivity contribution in [2.75, 3.05) is 21.1 Å². The fourth-order valence-corrected chi connectivity index (χ4v) is 2.65. The van der Waals surface area contributed by atoms with Crippen LogP contribution >= 0.6 is 0 Å². The maximum atomic E-state index is 10.3. The van der Waals surface area contributed by atoms with E-state index < -0.39 is 5.97 Å².